The van der Waals surface area contributed by atoms with Crippen LogP contribution in [0, 0.1) is 0 Å². The maximum Gasteiger partial charge on any atom is 0.346 e. The Bertz CT molecular complexity index is 539. The lowest BCUT2D eigenvalue weighted by molar-refractivity contribution is -0.147. The number of rotatable bonds is 3. The second-order valence-corrected chi connectivity index (χ2v) is 3.67. The molecule has 1 atom stereocenters. The smallest absolute Gasteiger partial charge is 0.346 e. The molecule has 0 bridgehead atoms. The van der Waals surface area contributed by atoms with Gasteiger partial charge in [0.1, 0.15) is 5.75 Å². The lowest BCUT2D eigenvalue weighted by atomic mass is 10.2. The minimum atomic E-state index is -0.617. The van der Waals surface area contributed by atoms with Crippen molar-refractivity contribution in [3.05, 3.63) is 36.7 Å². The van der Waals surface area contributed by atoms with Gasteiger partial charge >= 0.3 is 5.97 Å². The van der Waals surface area contributed by atoms with Crippen molar-refractivity contribution in [3.8, 4) is 5.75 Å². The van der Waals surface area contributed by atoms with Gasteiger partial charge in [0, 0.05) is 17.8 Å². The maximum absolute atomic E-state index is 11.2. The molecular weight excluding hydrogens is 218 g/mol. The number of aromatic nitrogens is 1. The van der Waals surface area contributed by atoms with Crippen molar-refractivity contribution in [3.63, 3.8) is 0 Å². The van der Waals surface area contributed by atoms with Crippen molar-refractivity contribution in [2.45, 2.75) is 13.0 Å². The van der Waals surface area contributed by atoms with E-state index in [9.17, 15) is 4.79 Å². The number of ether oxygens (including phenoxy) is 2. The molecule has 1 aromatic carbocycles. The Balaban J connectivity index is 2.22. The highest BCUT2D eigenvalue weighted by Gasteiger charge is 2.14. The molecule has 17 heavy (non-hydrogen) atoms. The van der Waals surface area contributed by atoms with Gasteiger partial charge in [0.15, 0.2) is 6.10 Å². The lowest BCUT2D eigenvalue weighted by Gasteiger charge is -2.12. The minimum absolute atomic E-state index is 0.392. The Morgan fingerprint density at radius 2 is 2.12 bits per heavy atom. The van der Waals surface area contributed by atoms with Crippen LogP contribution in [0.3, 0.4) is 0 Å². The summed E-state index contributed by atoms with van der Waals surface area (Å²) in [4.78, 5) is 15.3. The summed E-state index contributed by atoms with van der Waals surface area (Å²) in [6.07, 6.45) is 2.87. The van der Waals surface area contributed by atoms with E-state index < -0.39 is 12.1 Å². The van der Waals surface area contributed by atoms with E-state index in [4.69, 9.17) is 4.74 Å². The first-order chi connectivity index (χ1) is 8.20. The van der Waals surface area contributed by atoms with Crippen LogP contribution < -0.4 is 4.74 Å². The molecule has 4 heteroatoms. The number of hydrogen-bond donors (Lipinski definition) is 0. The molecule has 4 nitrogen and oxygen atoms in total. The molecular formula is C13H13NO3. The maximum atomic E-state index is 11.2. The Labute approximate surface area is 99.2 Å². The standard InChI is InChI=1S/C13H13NO3/c1-9(13(15)16-2)17-12-4-3-10-5-6-14-8-11(10)7-12/h3-9H,1-2H3. The van der Waals surface area contributed by atoms with Crippen molar-refractivity contribution < 1.29 is 14.3 Å². The van der Waals surface area contributed by atoms with Gasteiger partial charge in [0.05, 0.1) is 7.11 Å². The summed E-state index contributed by atoms with van der Waals surface area (Å²) >= 11 is 0. The van der Waals surface area contributed by atoms with Gasteiger partial charge in [-0.1, -0.05) is 6.07 Å². The summed E-state index contributed by atoms with van der Waals surface area (Å²) in [6.45, 7) is 1.65. The zero-order valence-electron chi connectivity index (χ0n) is 9.71. The van der Waals surface area contributed by atoms with E-state index in [2.05, 4.69) is 9.72 Å². The SMILES string of the molecule is COC(=O)C(C)Oc1ccc2ccncc2c1. The number of benzene rings is 1. The number of hydrogen-bond acceptors (Lipinski definition) is 4. The second kappa shape index (κ2) is 4.82. The van der Waals surface area contributed by atoms with Crippen LogP contribution in [-0.2, 0) is 9.53 Å². The first-order valence-electron chi connectivity index (χ1n) is 5.29. The van der Waals surface area contributed by atoms with E-state index in [-0.39, 0.29) is 0 Å². The third kappa shape index (κ3) is 2.53. The molecule has 0 spiro atoms. The normalized spacial score (nSPS) is 12.1. The van der Waals surface area contributed by atoms with Crippen LogP contribution in [0.2, 0.25) is 0 Å². The molecule has 2 rings (SSSR count). The van der Waals surface area contributed by atoms with Gasteiger partial charge in [-0.3, -0.25) is 4.98 Å². The Hall–Kier alpha value is -2.10. The third-order valence-electron chi connectivity index (χ3n) is 2.46. The van der Waals surface area contributed by atoms with Crippen LogP contribution in [0.5, 0.6) is 5.75 Å². The van der Waals surface area contributed by atoms with Crippen molar-refractivity contribution in [2.75, 3.05) is 7.11 Å². The van der Waals surface area contributed by atoms with Crippen LogP contribution in [-0.4, -0.2) is 24.2 Å². The van der Waals surface area contributed by atoms with Gasteiger partial charge < -0.3 is 9.47 Å². The van der Waals surface area contributed by atoms with Crippen LogP contribution in [0.1, 0.15) is 6.92 Å². The molecule has 1 aromatic heterocycles. The topological polar surface area (TPSA) is 48.4 Å². The van der Waals surface area contributed by atoms with Crippen LogP contribution in [0.4, 0.5) is 0 Å². The van der Waals surface area contributed by atoms with Crippen LogP contribution in [0.25, 0.3) is 10.8 Å². The summed E-state index contributed by atoms with van der Waals surface area (Å²) in [6, 6.07) is 7.52. The average molecular weight is 231 g/mol. The number of esters is 1. The van der Waals surface area contributed by atoms with Gasteiger partial charge in [-0.2, -0.15) is 0 Å². The summed E-state index contributed by atoms with van der Waals surface area (Å²) in [7, 11) is 1.34. The molecule has 0 aliphatic rings. The molecule has 0 saturated carbocycles. The first kappa shape index (κ1) is 11.4. The molecule has 0 saturated heterocycles. The van der Waals surface area contributed by atoms with Gasteiger partial charge in [-0.25, -0.2) is 4.79 Å². The Kier molecular flexibility index (Phi) is 3.23. The monoisotopic (exact) mass is 231 g/mol. The second-order valence-electron chi connectivity index (χ2n) is 3.67. The third-order valence-corrected chi connectivity index (χ3v) is 2.46. The summed E-state index contributed by atoms with van der Waals surface area (Å²) in [5, 5.41) is 2.06. The molecule has 0 amide bonds. The zero-order valence-corrected chi connectivity index (χ0v) is 9.71. The molecule has 1 heterocycles. The van der Waals surface area contributed by atoms with E-state index in [0.29, 0.717) is 5.75 Å². The quantitative estimate of drug-likeness (QED) is 0.759. The molecule has 1 unspecified atom stereocenters. The summed E-state index contributed by atoms with van der Waals surface area (Å²) < 4.78 is 10.1. The Morgan fingerprint density at radius 1 is 1.29 bits per heavy atom. The largest absolute Gasteiger partial charge is 0.479 e. The molecule has 0 aliphatic carbocycles. The fraction of sp³-hybridized carbons (Fsp3) is 0.231. The lowest BCUT2D eigenvalue weighted by Crippen LogP contribution is -2.24. The summed E-state index contributed by atoms with van der Waals surface area (Å²) in [5.74, 6) is 0.236. The number of pyridine rings is 1. The van der Waals surface area contributed by atoms with Crippen molar-refractivity contribution in [1.82, 2.24) is 4.98 Å². The van der Waals surface area contributed by atoms with Crippen molar-refractivity contribution in [2.24, 2.45) is 0 Å². The molecule has 0 fully saturated rings. The summed E-state index contributed by atoms with van der Waals surface area (Å²) in [5.41, 5.74) is 0. The fourth-order valence-corrected chi connectivity index (χ4v) is 1.55. The molecule has 88 valence electrons. The van der Waals surface area contributed by atoms with Crippen molar-refractivity contribution in [1.29, 1.82) is 0 Å². The van der Waals surface area contributed by atoms with E-state index in [1.54, 1.807) is 19.3 Å². The highest BCUT2D eigenvalue weighted by molar-refractivity contribution is 5.83. The molecule has 0 radical (unpaired) electrons. The van der Waals surface area contributed by atoms with Crippen molar-refractivity contribution >= 4 is 16.7 Å². The first-order valence-corrected chi connectivity index (χ1v) is 5.29. The van der Waals surface area contributed by atoms with E-state index >= 15 is 0 Å². The predicted octanol–water partition coefficient (Wildman–Crippen LogP) is 2.18. The van der Waals surface area contributed by atoms with Gasteiger partial charge in [0.25, 0.3) is 0 Å². The van der Waals surface area contributed by atoms with Gasteiger partial charge in [0.2, 0.25) is 0 Å². The van der Waals surface area contributed by atoms with Crippen LogP contribution >= 0.6 is 0 Å². The number of nitrogens with zero attached hydrogens (tertiary/aromatic N) is 1. The highest BCUT2D eigenvalue weighted by atomic mass is 16.6. The molecule has 0 aliphatic heterocycles. The van der Waals surface area contributed by atoms with E-state index in [0.717, 1.165) is 10.8 Å². The molecule has 2 aromatic rings. The number of fused-ring (bicyclic) bond motifs is 1. The molecule has 0 N–H and O–H groups in total. The van der Waals surface area contributed by atoms with Crippen LogP contribution in [0.15, 0.2) is 36.7 Å². The zero-order chi connectivity index (χ0) is 12.3. The number of carbonyl (C=O) groups is 1. The number of carbonyl (C=O) groups excluding carboxylic acids is 1. The average Bonchev–Trinajstić information content (AvgIpc) is 2.37. The fourth-order valence-electron chi connectivity index (χ4n) is 1.55. The number of methoxy groups -OCH3 is 1. The minimum Gasteiger partial charge on any atom is -0.479 e. The predicted molar refractivity (Wildman–Crippen MR) is 63.8 cm³/mol. The van der Waals surface area contributed by atoms with Gasteiger partial charge in [-0.15, -0.1) is 0 Å². The van der Waals surface area contributed by atoms with E-state index in [1.165, 1.54) is 7.11 Å². The Morgan fingerprint density at radius 3 is 2.88 bits per heavy atom. The van der Waals surface area contributed by atoms with E-state index in [1.807, 2.05) is 24.3 Å². The van der Waals surface area contributed by atoms with Gasteiger partial charge in [-0.05, 0) is 30.5 Å². The highest BCUT2D eigenvalue weighted by Crippen LogP contribution is 2.20.